The molecule has 17 heavy (non-hydrogen) atoms. The lowest BCUT2D eigenvalue weighted by Gasteiger charge is -2.03. The number of hydrogen-bond acceptors (Lipinski definition) is 3. The Bertz CT molecular complexity index is 564. The Morgan fingerprint density at radius 3 is 2.94 bits per heavy atom. The van der Waals surface area contributed by atoms with Crippen LogP contribution >= 0.6 is 0 Å². The number of nitrogens with one attached hydrogen (secondary N) is 1. The molecule has 0 atom stereocenters. The van der Waals surface area contributed by atoms with Gasteiger partial charge in [0.25, 0.3) is 5.82 Å². The summed E-state index contributed by atoms with van der Waals surface area (Å²) in [6, 6.07) is 0. The van der Waals surface area contributed by atoms with Crippen molar-refractivity contribution >= 4 is 17.0 Å². The second kappa shape index (κ2) is 4.53. The standard InChI is InChI=1S/C12H17N5/c1-9(2)5-6-13-11-10-12(15-8-17(11)4)16(3)7-14-10/h5,7-8H,6H2,1-4H3/p+1. The molecule has 0 aliphatic carbocycles. The average molecular weight is 232 g/mol. The van der Waals surface area contributed by atoms with E-state index in [0.29, 0.717) is 0 Å². The van der Waals surface area contributed by atoms with E-state index in [1.165, 1.54) is 5.57 Å². The quantitative estimate of drug-likeness (QED) is 0.638. The van der Waals surface area contributed by atoms with Crippen molar-refractivity contribution in [1.82, 2.24) is 14.5 Å². The van der Waals surface area contributed by atoms with Crippen LogP contribution in [0.2, 0.25) is 0 Å². The summed E-state index contributed by atoms with van der Waals surface area (Å²) in [5.74, 6) is 0.994. The van der Waals surface area contributed by atoms with Crippen LogP contribution < -0.4 is 9.88 Å². The highest BCUT2D eigenvalue weighted by Gasteiger charge is 2.15. The van der Waals surface area contributed by atoms with Crippen molar-refractivity contribution in [2.24, 2.45) is 14.1 Å². The van der Waals surface area contributed by atoms with Crippen LogP contribution in [0.25, 0.3) is 11.2 Å². The van der Waals surface area contributed by atoms with E-state index in [1.54, 1.807) is 12.7 Å². The molecule has 1 N–H and O–H groups in total. The molecule has 5 nitrogen and oxygen atoms in total. The highest BCUT2D eigenvalue weighted by molar-refractivity contribution is 5.80. The Hall–Kier alpha value is -1.91. The zero-order chi connectivity index (χ0) is 12.4. The fourth-order valence-electron chi connectivity index (χ4n) is 1.67. The van der Waals surface area contributed by atoms with Crippen LogP contribution in [-0.2, 0) is 14.1 Å². The molecule has 5 heteroatoms. The van der Waals surface area contributed by atoms with E-state index in [0.717, 1.165) is 23.5 Å². The molecule has 0 spiro atoms. The van der Waals surface area contributed by atoms with Crippen molar-refractivity contribution in [3.8, 4) is 0 Å². The number of anilines is 1. The molecule has 90 valence electrons. The number of fused-ring (bicyclic) bond motifs is 1. The van der Waals surface area contributed by atoms with Crippen molar-refractivity contribution in [2.45, 2.75) is 13.8 Å². The molecule has 0 bridgehead atoms. The number of imidazole rings is 1. The number of aryl methyl sites for hydroxylation is 2. The van der Waals surface area contributed by atoms with E-state index in [9.17, 15) is 0 Å². The van der Waals surface area contributed by atoms with Crippen LogP contribution in [0, 0.1) is 0 Å². The summed E-state index contributed by atoms with van der Waals surface area (Å²) in [5.41, 5.74) is 3.09. The van der Waals surface area contributed by atoms with E-state index >= 15 is 0 Å². The highest BCUT2D eigenvalue weighted by Crippen LogP contribution is 2.14. The van der Waals surface area contributed by atoms with Crippen molar-refractivity contribution in [1.29, 1.82) is 0 Å². The van der Waals surface area contributed by atoms with Crippen molar-refractivity contribution in [2.75, 3.05) is 11.9 Å². The maximum atomic E-state index is 4.37. The Morgan fingerprint density at radius 1 is 1.47 bits per heavy atom. The van der Waals surface area contributed by atoms with Crippen LogP contribution in [0.5, 0.6) is 0 Å². The molecular weight excluding hydrogens is 214 g/mol. The number of aromatic nitrogens is 4. The summed E-state index contributed by atoms with van der Waals surface area (Å²) in [5, 5.41) is 3.37. The van der Waals surface area contributed by atoms with Gasteiger partial charge in [-0.05, 0) is 13.8 Å². The molecule has 0 saturated carbocycles. The number of nitrogens with zero attached hydrogens (tertiary/aromatic N) is 4. The Kier molecular flexibility index (Phi) is 3.08. The van der Waals surface area contributed by atoms with Gasteiger partial charge in [-0.3, -0.25) is 0 Å². The molecule has 2 rings (SSSR count). The van der Waals surface area contributed by atoms with Gasteiger partial charge in [0.2, 0.25) is 12.0 Å². The first kappa shape index (κ1) is 11.6. The van der Waals surface area contributed by atoms with E-state index in [4.69, 9.17) is 0 Å². The van der Waals surface area contributed by atoms with Gasteiger partial charge in [-0.15, -0.1) is 0 Å². The summed E-state index contributed by atoms with van der Waals surface area (Å²) in [4.78, 5) is 8.73. The lowest BCUT2D eigenvalue weighted by molar-refractivity contribution is -0.659. The monoisotopic (exact) mass is 232 g/mol. The minimum atomic E-state index is 0.797. The summed E-state index contributed by atoms with van der Waals surface area (Å²) < 4.78 is 3.87. The Balaban J connectivity index is 2.38. The van der Waals surface area contributed by atoms with Crippen LogP contribution in [0.1, 0.15) is 13.8 Å². The van der Waals surface area contributed by atoms with Gasteiger partial charge < -0.3 is 9.88 Å². The largest absolute Gasteiger partial charge is 0.304 e. The lowest BCUT2D eigenvalue weighted by Crippen LogP contribution is -2.33. The van der Waals surface area contributed by atoms with Gasteiger partial charge in [-0.2, -0.15) is 0 Å². The molecule has 0 amide bonds. The topological polar surface area (TPSA) is 46.6 Å². The molecule has 0 aliphatic heterocycles. The number of hydrogen-bond donors (Lipinski definition) is 1. The van der Waals surface area contributed by atoms with Gasteiger partial charge in [0.05, 0.1) is 19.9 Å². The van der Waals surface area contributed by atoms with E-state index < -0.39 is 0 Å². The van der Waals surface area contributed by atoms with Crippen molar-refractivity contribution in [3.63, 3.8) is 0 Å². The van der Waals surface area contributed by atoms with Crippen LogP contribution in [0.4, 0.5) is 5.82 Å². The maximum Gasteiger partial charge on any atom is 0.253 e. The third kappa shape index (κ3) is 2.27. The minimum Gasteiger partial charge on any atom is -0.304 e. The lowest BCUT2D eigenvalue weighted by atomic mass is 10.3. The molecular formula is C12H18N5+. The van der Waals surface area contributed by atoms with Crippen molar-refractivity contribution in [3.05, 3.63) is 24.3 Å². The fourth-order valence-corrected chi connectivity index (χ4v) is 1.67. The highest BCUT2D eigenvalue weighted by atomic mass is 15.2. The van der Waals surface area contributed by atoms with Crippen LogP contribution in [0.15, 0.2) is 24.3 Å². The molecule has 2 aromatic heterocycles. The molecule has 2 aromatic rings. The molecule has 2 heterocycles. The molecule has 0 unspecified atom stereocenters. The van der Waals surface area contributed by atoms with Crippen LogP contribution in [0.3, 0.4) is 0 Å². The number of rotatable bonds is 3. The third-order valence-electron chi connectivity index (χ3n) is 2.62. The van der Waals surface area contributed by atoms with Crippen LogP contribution in [-0.4, -0.2) is 21.1 Å². The minimum absolute atomic E-state index is 0.797. The molecule has 0 aromatic carbocycles. The summed E-state index contributed by atoms with van der Waals surface area (Å²) in [6.45, 7) is 4.97. The molecule has 0 radical (unpaired) electrons. The van der Waals surface area contributed by atoms with Gasteiger partial charge in [0.15, 0.2) is 5.52 Å². The van der Waals surface area contributed by atoms with E-state index in [2.05, 4.69) is 35.2 Å². The first-order valence-electron chi connectivity index (χ1n) is 5.62. The van der Waals surface area contributed by atoms with Gasteiger partial charge in [0, 0.05) is 7.05 Å². The number of allylic oxidation sites excluding steroid dienone is 1. The van der Waals surface area contributed by atoms with Gasteiger partial charge >= 0.3 is 0 Å². The summed E-state index contributed by atoms with van der Waals surface area (Å²) >= 11 is 0. The van der Waals surface area contributed by atoms with Gasteiger partial charge in [-0.25, -0.2) is 9.55 Å². The third-order valence-corrected chi connectivity index (χ3v) is 2.62. The Morgan fingerprint density at radius 2 is 2.24 bits per heavy atom. The summed E-state index contributed by atoms with van der Waals surface area (Å²) in [6.07, 6.45) is 5.73. The Labute approximate surface area is 101 Å². The zero-order valence-electron chi connectivity index (χ0n) is 10.7. The predicted molar refractivity (Wildman–Crippen MR) is 67.6 cm³/mol. The normalized spacial score (nSPS) is 10.6. The molecule has 0 aliphatic rings. The second-order valence-electron chi connectivity index (χ2n) is 4.39. The van der Waals surface area contributed by atoms with Gasteiger partial charge in [-0.1, -0.05) is 16.6 Å². The first-order valence-corrected chi connectivity index (χ1v) is 5.62. The van der Waals surface area contributed by atoms with E-state index in [1.807, 2.05) is 23.2 Å². The molecule has 0 fully saturated rings. The second-order valence-corrected chi connectivity index (χ2v) is 4.39. The zero-order valence-corrected chi connectivity index (χ0v) is 10.7. The van der Waals surface area contributed by atoms with E-state index in [-0.39, 0.29) is 0 Å². The average Bonchev–Trinajstić information content (AvgIpc) is 2.63. The molecule has 0 saturated heterocycles. The predicted octanol–water partition coefficient (Wildman–Crippen LogP) is 1.17. The van der Waals surface area contributed by atoms with Gasteiger partial charge in [0.1, 0.15) is 0 Å². The SMILES string of the molecule is CC(C)=CCNc1c2ncn(C)c2nc[n+]1C. The maximum absolute atomic E-state index is 4.37. The smallest absolute Gasteiger partial charge is 0.253 e. The van der Waals surface area contributed by atoms with Crippen molar-refractivity contribution < 1.29 is 4.57 Å². The summed E-state index contributed by atoms with van der Waals surface area (Å²) in [7, 11) is 3.91. The fraction of sp³-hybridized carbons (Fsp3) is 0.417. The first-order chi connectivity index (χ1) is 8.09.